The Labute approximate surface area is 116 Å². The van der Waals surface area contributed by atoms with Crippen molar-refractivity contribution in [3.05, 3.63) is 46.1 Å². The van der Waals surface area contributed by atoms with Gasteiger partial charge < -0.3 is 5.73 Å². The molecule has 2 N–H and O–H groups in total. The maximum Gasteiger partial charge on any atom is 0.416 e. The maximum atomic E-state index is 13.0. The van der Waals surface area contributed by atoms with Gasteiger partial charge in [-0.1, -0.05) is 18.2 Å². The second-order valence-electron chi connectivity index (χ2n) is 4.08. The molecule has 0 radical (unpaired) electrons. The van der Waals surface area contributed by atoms with Crippen molar-refractivity contribution < 1.29 is 13.2 Å². The zero-order valence-electron chi connectivity index (χ0n) is 9.95. The average molecular weight is 334 g/mol. The lowest BCUT2D eigenvalue weighted by Crippen LogP contribution is -2.17. The van der Waals surface area contributed by atoms with Crippen LogP contribution in [-0.2, 0) is 6.18 Å². The summed E-state index contributed by atoms with van der Waals surface area (Å²) in [5, 5.41) is 3.99. The Balaban J connectivity index is 2.51. The van der Waals surface area contributed by atoms with Crippen LogP contribution >= 0.6 is 15.9 Å². The van der Waals surface area contributed by atoms with E-state index < -0.39 is 17.8 Å². The molecule has 0 bridgehead atoms. The number of aromatic nitrogens is 2. The predicted octanol–water partition coefficient (Wildman–Crippen LogP) is 3.86. The van der Waals surface area contributed by atoms with E-state index in [1.807, 2.05) is 0 Å². The van der Waals surface area contributed by atoms with Crippen LogP contribution in [0.2, 0.25) is 0 Å². The van der Waals surface area contributed by atoms with Crippen molar-refractivity contribution in [2.75, 3.05) is 5.73 Å². The zero-order valence-corrected chi connectivity index (χ0v) is 11.5. The summed E-state index contributed by atoms with van der Waals surface area (Å²) < 4.78 is 40.8. The highest BCUT2D eigenvalue weighted by molar-refractivity contribution is 9.10. The highest BCUT2D eigenvalue weighted by atomic mass is 79.9. The maximum absolute atomic E-state index is 13.0. The fraction of sp³-hybridized carbons (Fsp3) is 0.250. The third-order valence-electron chi connectivity index (χ3n) is 2.87. The lowest BCUT2D eigenvalue weighted by Gasteiger charge is -2.19. The number of alkyl halides is 3. The fourth-order valence-corrected chi connectivity index (χ4v) is 2.18. The minimum Gasteiger partial charge on any atom is -0.383 e. The Morgan fingerprint density at radius 3 is 2.47 bits per heavy atom. The Hall–Kier alpha value is -1.50. The largest absolute Gasteiger partial charge is 0.416 e. The minimum absolute atomic E-state index is 0.136. The second-order valence-corrected chi connectivity index (χ2v) is 4.94. The molecule has 0 saturated carbocycles. The first-order valence-corrected chi connectivity index (χ1v) is 6.26. The van der Waals surface area contributed by atoms with Crippen LogP contribution in [0.1, 0.15) is 24.1 Å². The van der Waals surface area contributed by atoms with Gasteiger partial charge in [0.15, 0.2) is 0 Å². The fourth-order valence-electron chi connectivity index (χ4n) is 1.91. The number of rotatable bonds is 2. The van der Waals surface area contributed by atoms with Crippen LogP contribution in [-0.4, -0.2) is 9.78 Å². The van der Waals surface area contributed by atoms with Crippen molar-refractivity contribution in [3.63, 3.8) is 0 Å². The molecule has 1 atom stereocenters. The molecule has 1 aromatic heterocycles. The van der Waals surface area contributed by atoms with Crippen molar-refractivity contribution in [1.29, 1.82) is 0 Å². The average Bonchev–Trinajstić information content (AvgIpc) is 2.68. The Morgan fingerprint density at radius 2 is 1.95 bits per heavy atom. The van der Waals surface area contributed by atoms with Crippen LogP contribution in [0.25, 0.3) is 0 Å². The second kappa shape index (κ2) is 4.88. The number of nitrogen functional groups attached to an aromatic ring is 1. The summed E-state index contributed by atoms with van der Waals surface area (Å²) in [7, 11) is 0. The summed E-state index contributed by atoms with van der Waals surface area (Å²) in [6, 6.07) is 4.81. The molecule has 0 aliphatic heterocycles. The van der Waals surface area contributed by atoms with Gasteiger partial charge in [0, 0.05) is 0 Å². The molecule has 1 aromatic carbocycles. The van der Waals surface area contributed by atoms with Gasteiger partial charge in [0.25, 0.3) is 0 Å². The molecule has 102 valence electrons. The Bertz CT molecular complexity index is 592. The van der Waals surface area contributed by atoms with Gasteiger partial charge >= 0.3 is 6.18 Å². The molecule has 7 heteroatoms. The van der Waals surface area contributed by atoms with E-state index in [4.69, 9.17) is 5.73 Å². The van der Waals surface area contributed by atoms with Crippen molar-refractivity contribution in [2.45, 2.75) is 19.1 Å². The molecular formula is C12H11BrF3N3. The van der Waals surface area contributed by atoms with Crippen LogP contribution in [0.5, 0.6) is 0 Å². The van der Waals surface area contributed by atoms with Gasteiger partial charge in [-0.2, -0.15) is 18.3 Å². The first-order valence-electron chi connectivity index (χ1n) is 5.47. The smallest absolute Gasteiger partial charge is 0.383 e. The van der Waals surface area contributed by atoms with Crippen LogP contribution in [0.4, 0.5) is 19.0 Å². The molecule has 1 unspecified atom stereocenters. The minimum atomic E-state index is -4.40. The molecule has 3 nitrogen and oxygen atoms in total. The molecule has 1 heterocycles. The lowest BCUT2D eigenvalue weighted by atomic mass is 10.0. The molecule has 0 aliphatic carbocycles. The summed E-state index contributed by atoms with van der Waals surface area (Å²) in [4.78, 5) is 0. The first kappa shape index (κ1) is 13.9. The Morgan fingerprint density at radius 1 is 1.32 bits per heavy atom. The van der Waals surface area contributed by atoms with Gasteiger partial charge in [0.2, 0.25) is 0 Å². The predicted molar refractivity (Wildman–Crippen MR) is 69.6 cm³/mol. The van der Waals surface area contributed by atoms with E-state index in [-0.39, 0.29) is 5.56 Å². The van der Waals surface area contributed by atoms with E-state index in [1.165, 1.54) is 23.0 Å². The van der Waals surface area contributed by atoms with Gasteiger partial charge in [0.1, 0.15) is 5.82 Å². The third kappa shape index (κ3) is 2.60. The Kier molecular flexibility index (Phi) is 3.58. The van der Waals surface area contributed by atoms with E-state index >= 15 is 0 Å². The number of nitrogens with two attached hydrogens (primary N) is 1. The van der Waals surface area contributed by atoms with Gasteiger partial charge in [-0.3, -0.25) is 0 Å². The summed E-state index contributed by atoms with van der Waals surface area (Å²) in [5.74, 6) is 0.296. The molecule has 0 aliphatic rings. The molecule has 2 rings (SSSR count). The number of anilines is 1. The highest BCUT2D eigenvalue weighted by Gasteiger charge is 2.34. The third-order valence-corrected chi connectivity index (χ3v) is 3.48. The summed E-state index contributed by atoms with van der Waals surface area (Å²) >= 11 is 3.18. The summed E-state index contributed by atoms with van der Waals surface area (Å²) in [6.07, 6.45) is -2.94. The van der Waals surface area contributed by atoms with E-state index in [9.17, 15) is 13.2 Å². The van der Waals surface area contributed by atoms with Crippen molar-refractivity contribution in [2.24, 2.45) is 0 Å². The quantitative estimate of drug-likeness (QED) is 0.906. The van der Waals surface area contributed by atoms with E-state index in [2.05, 4.69) is 21.0 Å². The number of nitrogens with zero attached hydrogens (tertiary/aromatic N) is 2. The summed E-state index contributed by atoms with van der Waals surface area (Å²) in [6.45, 7) is 1.63. The lowest BCUT2D eigenvalue weighted by molar-refractivity contribution is -0.138. The van der Waals surface area contributed by atoms with Crippen LogP contribution in [0, 0.1) is 0 Å². The molecule has 0 amide bonds. The van der Waals surface area contributed by atoms with Crippen molar-refractivity contribution >= 4 is 21.7 Å². The molecule has 0 spiro atoms. The molecule has 2 aromatic rings. The first-order chi connectivity index (χ1) is 8.82. The molecular weight excluding hydrogens is 323 g/mol. The SMILES string of the molecule is CC(c1ccccc1C(F)(F)F)n1ncc(Br)c1N. The number of benzene rings is 1. The monoisotopic (exact) mass is 333 g/mol. The number of halogens is 4. The van der Waals surface area contributed by atoms with E-state index in [1.54, 1.807) is 13.0 Å². The molecule has 0 fully saturated rings. The van der Waals surface area contributed by atoms with Gasteiger partial charge in [-0.25, -0.2) is 4.68 Å². The summed E-state index contributed by atoms with van der Waals surface area (Å²) in [5.41, 5.74) is 5.24. The molecule has 19 heavy (non-hydrogen) atoms. The highest BCUT2D eigenvalue weighted by Crippen LogP contribution is 2.36. The van der Waals surface area contributed by atoms with E-state index in [0.717, 1.165) is 6.07 Å². The van der Waals surface area contributed by atoms with Gasteiger partial charge in [-0.05, 0) is 34.5 Å². The molecule has 0 saturated heterocycles. The number of hydrogen-bond donors (Lipinski definition) is 1. The number of hydrogen-bond acceptors (Lipinski definition) is 2. The standard InChI is InChI=1S/C12H11BrF3N3/c1-7(19-11(17)10(13)6-18-19)8-4-2-3-5-9(8)12(14,15)16/h2-7H,17H2,1H3. The zero-order chi connectivity index (χ0) is 14.2. The van der Waals surface area contributed by atoms with Crippen molar-refractivity contribution in [3.8, 4) is 0 Å². The van der Waals surface area contributed by atoms with Crippen LogP contribution < -0.4 is 5.73 Å². The van der Waals surface area contributed by atoms with E-state index in [0.29, 0.717) is 10.3 Å². The van der Waals surface area contributed by atoms with Crippen molar-refractivity contribution in [1.82, 2.24) is 9.78 Å². The van der Waals surface area contributed by atoms with Gasteiger partial charge in [0.05, 0.1) is 22.3 Å². The van der Waals surface area contributed by atoms with Crippen LogP contribution in [0.15, 0.2) is 34.9 Å². The van der Waals surface area contributed by atoms with Crippen LogP contribution in [0.3, 0.4) is 0 Å². The normalized spacial score (nSPS) is 13.5. The topological polar surface area (TPSA) is 43.8 Å². The van der Waals surface area contributed by atoms with Gasteiger partial charge in [-0.15, -0.1) is 0 Å².